The number of thioether (sulfide) groups is 1. The van der Waals surface area contributed by atoms with Crippen LogP contribution in [-0.2, 0) is 18.4 Å². The average Bonchev–Trinajstić information content (AvgIpc) is 3.05. The highest BCUT2D eigenvalue weighted by Crippen LogP contribution is 2.28. The maximum absolute atomic E-state index is 12.1. The second-order valence-electron chi connectivity index (χ2n) is 6.10. The van der Waals surface area contributed by atoms with E-state index in [2.05, 4.69) is 15.5 Å². The van der Waals surface area contributed by atoms with Crippen molar-refractivity contribution in [1.82, 2.24) is 14.8 Å². The topological polar surface area (TPSA) is 78.3 Å². The molecule has 3 aromatic rings. The predicted octanol–water partition coefficient (Wildman–Crippen LogP) is 3.44. The first-order valence-electron chi connectivity index (χ1n) is 8.70. The number of ether oxygens (including phenoxy) is 2. The molecule has 0 saturated heterocycles. The van der Waals surface area contributed by atoms with Crippen molar-refractivity contribution >= 4 is 23.4 Å². The third kappa shape index (κ3) is 5.04. The molecule has 0 fully saturated rings. The largest absolute Gasteiger partial charge is 0.493 e. The van der Waals surface area contributed by atoms with Gasteiger partial charge in [-0.25, -0.2) is 0 Å². The van der Waals surface area contributed by atoms with Gasteiger partial charge in [0.25, 0.3) is 0 Å². The molecule has 0 atom stereocenters. The van der Waals surface area contributed by atoms with E-state index >= 15 is 0 Å². The van der Waals surface area contributed by atoms with Crippen molar-refractivity contribution < 1.29 is 14.3 Å². The third-order valence-corrected chi connectivity index (χ3v) is 5.01. The van der Waals surface area contributed by atoms with Crippen LogP contribution in [0.25, 0.3) is 0 Å². The van der Waals surface area contributed by atoms with Gasteiger partial charge >= 0.3 is 0 Å². The molecule has 28 heavy (non-hydrogen) atoms. The summed E-state index contributed by atoms with van der Waals surface area (Å²) in [5, 5.41) is 11.8. The van der Waals surface area contributed by atoms with Gasteiger partial charge in [-0.2, -0.15) is 0 Å². The Bertz CT molecular complexity index is 944. The zero-order valence-corrected chi connectivity index (χ0v) is 16.8. The van der Waals surface area contributed by atoms with Crippen LogP contribution in [-0.4, -0.2) is 33.5 Å². The number of amides is 1. The molecule has 146 valence electrons. The van der Waals surface area contributed by atoms with Crippen LogP contribution in [0.15, 0.2) is 53.7 Å². The van der Waals surface area contributed by atoms with E-state index in [0.717, 1.165) is 11.3 Å². The number of anilines is 1. The minimum atomic E-state index is -0.0959. The lowest BCUT2D eigenvalue weighted by Gasteiger charge is -2.11. The fourth-order valence-electron chi connectivity index (χ4n) is 2.48. The zero-order valence-electron chi connectivity index (χ0n) is 16.0. The van der Waals surface area contributed by atoms with E-state index in [0.29, 0.717) is 22.5 Å². The Morgan fingerprint density at radius 2 is 1.93 bits per heavy atom. The summed E-state index contributed by atoms with van der Waals surface area (Å²) in [6.45, 7) is 2.24. The Kier molecular flexibility index (Phi) is 6.54. The Balaban J connectivity index is 1.56. The number of aryl methyl sites for hydroxylation is 1. The molecule has 3 rings (SSSR count). The van der Waals surface area contributed by atoms with Crippen LogP contribution in [0.2, 0.25) is 0 Å². The van der Waals surface area contributed by atoms with E-state index in [4.69, 9.17) is 9.47 Å². The van der Waals surface area contributed by atoms with E-state index in [1.165, 1.54) is 11.8 Å². The number of hydrogen-bond donors (Lipinski definition) is 1. The summed E-state index contributed by atoms with van der Waals surface area (Å²) in [4.78, 5) is 12.1. The average molecular weight is 398 g/mol. The molecular formula is C20H22N4O3S. The lowest BCUT2D eigenvalue weighted by atomic mass is 10.2. The maximum atomic E-state index is 12.1. The van der Waals surface area contributed by atoms with Crippen molar-refractivity contribution in [3.8, 4) is 11.5 Å². The molecular weight excluding hydrogens is 376 g/mol. The fourth-order valence-corrected chi connectivity index (χ4v) is 3.21. The summed E-state index contributed by atoms with van der Waals surface area (Å²) in [7, 11) is 3.46. The van der Waals surface area contributed by atoms with Crippen LogP contribution in [0.5, 0.6) is 11.5 Å². The van der Waals surface area contributed by atoms with Gasteiger partial charge in [-0.05, 0) is 36.8 Å². The first kappa shape index (κ1) is 19.8. The Hall–Kier alpha value is -3.00. The normalized spacial score (nSPS) is 10.5. The molecule has 0 unspecified atom stereocenters. The number of para-hydroxylation sites is 1. The van der Waals surface area contributed by atoms with Crippen LogP contribution in [0.4, 0.5) is 5.69 Å². The van der Waals surface area contributed by atoms with Crippen LogP contribution in [0.3, 0.4) is 0 Å². The van der Waals surface area contributed by atoms with Gasteiger partial charge in [-0.1, -0.05) is 36.0 Å². The molecule has 0 aliphatic rings. The molecule has 1 N–H and O–H groups in total. The van der Waals surface area contributed by atoms with E-state index in [1.54, 1.807) is 7.11 Å². The van der Waals surface area contributed by atoms with Gasteiger partial charge in [-0.3, -0.25) is 4.79 Å². The van der Waals surface area contributed by atoms with Crippen molar-refractivity contribution in [3.05, 3.63) is 59.9 Å². The highest BCUT2D eigenvalue weighted by atomic mass is 32.2. The van der Waals surface area contributed by atoms with Crippen molar-refractivity contribution in [3.63, 3.8) is 0 Å². The smallest absolute Gasteiger partial charge is 0.234 e. The lowest BCUT2D eigenvalue weighted by Crippen LogP contribution is -2.14. The molecule has 1 heterocycles. The van der Waals surface area contributed by atoms with Gasteiger partial charge in [0.1, 0.15) is 6.61 Å². The van der Waals surface area contributed by atoms with Gasteiger partial charge in [0, 0.05) is 12.7 Å². The van der Waals surface area contributed by atoms with Gasteiger partial charge in [0.05, 0.1) is 12.9 Å². The first-order chi connectivity index (χ1) is 13.6. The van der Waals surface area contributed by atoms with E-state index in [9.17, 15) is 4.79 Å². The van der Waals surface area contributed by atoms with Gasteiger partial charge in [0.2, 0.25) is 5.91 Å². The lowest BCUT2D eigenvalue weighted by molar-refractivity contribution is -0.113. The molecule has 0 spiro atoms. The first-order valence-corrected chi connectivity index (χ1v) is 9.69. The van der Waals surface area contributed by atoms with Gasteiger partial charge < -0.3 is 19.4 Å². The molecule has 2 aromatic carbocycles. The molecule has 0 aliphatic carbocycles. The summed E-state index contributed by atoms with van der Waals surface area (Å²) in [5.74, 6) is 2.13. The molecule has 0 bridgehead atoms. The molecule has 1 aromatic heterocycles. The molecule has 8 heteroatoms. The number of benzene rings is 2. The van der Waals surface area contributed by atoms with E-state index < -0.39 is 0 Å². The predicted molar refractivity (Wildman–Crippen MR) is 109 cm³/mol. The SMILES string of the molecule is COc1cc(C)ccc1OCc1nnc(SCC(=O)Nc2ccccc2)n1C. The van der Waals surface area contributed by atoms with Crippen LogP contribution < -0.4 is 14.8 Å². The van der Waals surface area contributed by atoms with E-state index in [-0.39, 0.29) is 18.3 Å². The van der Waals surface area contributed by atoms with Crippen LogP contribution >= 0.6 is 11.8 Å². The Labute approximate surface area is 168 Å². The summed E-state index contributed by atoms with van der Waals surface area (Å²) in [6, 6.07) is 15.1. The summed E-state index contributed by atoms with van der Waals surface area (Å²) < 4.78 is 13.0. The van der Waals surface area contributed by atoms with Crippen molar-refractivity contribution in [2.24, 2.45) is 7.05 Å². The molecule has 7 nitrogen and oxygen atoms in total. The minimum Gasteiger partial charge on any atom is -0.493 e. The standard InChI is InChI=1S/C20H22N4O3S/c1-14-9-10-16(17(11-14)26-3)27-12-18-22-23-20(24(18)2)28-13-19(25)21-15-7-5-4-6-8-15/h4-11H,12-13H2,1-3H3,(H,21,25). The van der Waals surface area contributed by atoms with Gasteiger partial charge in [-0.15, -0.1) is 10.2 Å². The third-order valence-electron chi connectivity index (χ3n) is 3.99. The molecule has 0 saturated carbocycles. The Morgan fingerprint density at radius 3 is 2.68 bits per heavy atom. The monoisotopic (exact) mass is 398 g/mol. The second kappa shape index (κ2) is 9.27. The van der Waals surface area contributed by atoms with Crippen LogP contribution in [0, 0.1) is 6.92 Å². The quantitative estimate of drug-likeness (QED) is 0.586. The number of rotatable bonds is 8. The van der Waals surface area contributed by atoms with Crippen molar-refractivity contribution in [1.29, 1.82) is 0 Å². The maximum Gasteiger partial charge on any atom is 0.234 e. The zero-order chi connectivity index (χ0) is 19.9. The molecule has 1 amide bonds. The number of methoxy groups -OCH3 is 1. The van der Waals surface area contributed by atoms with Crippen LogP contribution in [0.1, 0.15) is 11.4 Å². The van der Waals surface area contributed by atoms with Crippen molar-refractivity contribution in [2.45, 2.75) is 18.7 Å². The number of nitrogens with one attached hydrogen (secondary N) is 1. The summed E-state index contributed by atoms with van der Waals surface area (Å²) in [5.41, 5.74) is 1.86. The number of carbonyl (C=O) groups is 1. The minimum absolute atomic E-state index is 0.0959. The Morgan fingerprint density at radius 1 is 1.14 bits per heavy atom. The summed E-state index contributed by atoms with van der Waals surface area (Å²) in [6.07, 6.45) is 0. The second-order valence-corrected chi connectivity index (χ2v) is 7.05. The molecule has 0 aliphatic heterocycles. The summed E-state index contributed by atoms with van der Waals surface area (Å²) >= 11 is 1.32. The van der Waals surface area contributed by atoms with Gasteiger partial charge in [0.15, 0.2) is 22.5 Å². The highest BCUT2D eigenvalue weighted by molar-refractivity contribution is 7.99. The number of hydrogen-bond acceptors (Lipinski definition) is 6. The van der Waals surface area contributed by atoms with E-state index in [1.807, 2.05) is 67.1 Å². The number of carbonyl (C=O) groups excluding carboxylic acids is 1. The number of aromatic nitrogens is 3. The highest BCUT2D eigenvalue weighted by Gasteiger charge is 2.13. The number of nitrogens with zero attached hydrogens (tertiary/aromatic N) is 3. The fraction of sp³-hybridized carbons (Fsp3) is 0.250. The molecule has 0 radical (unpaired) electrons. The van der Waals surface area contributed by atoms with Crippen molar-refractivity contribution in [2.75, 3.05) is 18.2 Å².